The van der Waals surface area contributed by atoms with Crippen LogP contribution in [0.4, 0.5) is 8.78 Å². The fourth-order valence-electron chi connectivity index (χ4n) is 1.90. The summed E-state index contributed by atoms with van der Waals surface area (Å²) in [5.74, 6) is -0.919. The summed E-state index contributed by atoms with van der Waals surface area (Å²) < 4.78 is 29.2. The van der Waals surface area contributed by atoms with E-state index in [9.17, 15) is 18.4 Å². The van der Waals surface area contributed by atoms with Gasteiger partial charge in [0.15, 0.2) is 0 Å². The molecule has 0 heterocycles. The lowest BCUT2D eigenvalue weighted by Gasteiger charge is -2.15. The van der Waals surface area contributed by atoms with Gasteiger partial charge >= 0.3 is 6.61 Å². The Morgan fingerprint density at radius 3 is 2.44 bits per heavy atom. The standard InChI is InChI=1S/C16H23F2N3O3.ClH/c1-9(2)14(19)15(23)21-8-13(22)20-7-11-6-10(3)4-5-12(11)24-16(17)18;/h4-6,9,14,16H,7-8,19H2,1-3H3,(H,20,22)(H,21,23);1H/t14-;/m0./s1. The summed E-state index contributed by atoms with van der Waals surface area (Å²) in [6.07, 6.45) is 0. The van der Waals surface area contributed by atoms with Crippen LogP contribution in [0.3, 0.4) is 0 Å². The number of nitrogens with two attached hydrogens (primary N) is 1. The molecule has 25 heavy (non-hydrogen) atoms. The van der Waals surface area contributed by atoms with E-state index < -0.39 is 24.5 Å². The smallest absolute Gasteiger partial charge is 0.387 e. The van der Waals surface area contributed by atoms with E-state index in [1.165, 1.54) is 6.07 Å². The number of rotatable bonds is 8. The molecule has 4 N–H and O–H groups in total. The van der Waals surface area contributed by atoms with Crippen LogP contribution in [0, 0.1) is 12.8 Å². The second-order valence-corrected chi connectivity index (χ2v) is 5.75. The van der Waals surface area contributed by atoms with Crippen molar-refractivity contribution in [1.29, 1.82) is 0 Å². The summed E-state index contributed by atoms with van der Waals surface area (Å²) in [6, 6.07) is 4.01. The number of benzene rings is 1. The van der Waals surface area contributed by atoms with E-state index in [2.05, 4.69) is 15.4 Å². The van der Waals surface area contributed by atoms with Crippen molar-refractivity contribution in [3.63, 3.8) is 0 Å². The minimum absolute atomic E-state index is 0. The van der Waals surface area contributed by atoms with Crippen LogP contribution < -0.4 is 21.1 Å². The molecule has 0 aliphatic rings. The molecule has 0 unspecified atom stereocenters. The van der Waals surface area contributed by atoms with Crippen molar-refractivity contribution in [3.8, 4) is 5.75 Å². The van der Waals surface area contributed by atoms with Crippen LogP contribution in [0.15, 0.2) is 18.2 Å². The molecule has 6 nitrogen and oxygen atoms in total. The molecule has 0 bridgehead atoms. The normalized spacial score (nSPS) is 11.7. The average molecular weight is 380 g/mol. The molecule has 1 aromatic carbocycles. The van der Waals surface area contributed by atoms with E-state index in [1.807, 2.05) is 0 Å². The number of ether oxygens (including phenoxy) is 1. The van der Waals surface area contributed by atoms with Crippen molar-refractivity contribution >= 4 is 24.2 Å². The van der Waals surface area contributed by atoms with Crippen LogP contribution in [0.5, 0.6) is 5.75 Å². The Bertz CT molecular complexity index is 586. The Balaban J connectivity index is 0.00000576. The number of halogens is 3. The summed E-state index contributed by atoms with van der Waals surface area (Å²) in [5, 5.41) is 4.97. The van der Waals surface area contributed by atoms with Gasteiger partial charge < -0.3 is 21.1 Å². The van der Waals surface area contributed by atoms with Crippen LogP contribution in [0.1, 0.15) is 25.0 Å². The Morgan fingerprint density at radius 2 is 1.88 bits per heavy atom. The molecule has 1 rings (SSSR count). The number of carbonyl (C=O) groups is 2. The molecule has 0 radical (unpaired) electrons. The number of amides is 2. The summed E-state index contributed by atoms with van der Waals surface area (Å²) in [5.41, 5.74) is 6.93. The van der Waals surface area contributed by atoms with Crippen molar-refractivity contribution in [2.45, 2.75) is 40.0 Å². The second kappa shape index (κ2) is 10.8. The van der Waals surface area contributed by atoms with Crippen molar-refractivity contribution in [3.05, 3.63) is 29.3 Å². The molecule has 0 spiro atoms. The van der Waals surface area contributed by atoms with Gasteiger partial charge in [0.1, 0.15) is 5.75 Å². The van der Waals surface area contributed by atoms with Gasteiger partial charge in [-0.05, 0) is 18.9 Å². The highest BCUT2D eigenvalue weighted by molar-refractivity contribution is 5.87. The van der Waals surface area contributed by atoms with Crippen molar-refractivity contribution in [1.82, 2.24) is 10.6 Å². The van der Waals surface area contributed by atoms with E-state index in [-0.39, 0.29) is 37.2 Å². The Labute approximate surface area is 151 Å². The molecule has 0 saturated heterocycles. The lowest BCUT2D eigenvalue weighted by Crippen LogP contribution is -2.47. The van der Waals surface area contributed by atoms with E-state index in [4.69, 9.17) is 5.73 Å². The monoisotopic (exact) mass is 379 g/mol. The number of hydrogen-bond acceptors (Lipinski definition) is 4. The van der Waals surface area contributed by atoms with Gasteiger partial charge in [0.25, 0.3) is 0 Å². The number of carbonyl (C=O) groups excluding carboxylic acids is 2. The third kappa shape index (κ3) is 8.13. The number of alkyl halides is 2. The van der Waals surface area contributed by atoms with E-state index in [0.717, 1.165) is 5.56 Å². The molecule has 0 saturated carbocycles. The second-order valence-electron chi connectivity index (χ2n) is 5.75. The first-order chi connectivity index (χ1) is 11.2. The summed E-state index contributed by atoms with van der Waals surface area (Å²) in [4.78, 5) is 23.4. The van der Waals surface area contributed by atoms with Crippen molar-refractivity contribution < 1.29 is 23.1 Å². The molecule has 142 valence electrons. The maximum atomic E-state index is 12.4. The minimum atomic E-state index is -2.95. The lowest BCUT2D eigenvalue weighted by molar-refractivity contribution is -0.127. The number of hydrogen-bond donors (Lipinski definition) is 3. The first-order valence-electron chi connectivity index (χ1n) is 7.55. The zero-order valence-electron chi connectivity index (χ0n) is 14.3. The molecule has 0 fully saturated rings. The first kappa shape index (κ1) is 23.1. The Morgan fingerprint density at radius 1 is 1.24 bits per heavy atom. The third-order valence-corrected chi connectivity index (χ3v) is 3.35. The zero-order valence-corrected chi connectivity index (χ0v) is 15.2. The molecular formula is C16H24ClF2N3O3. The van der Waals surface area contributed by atoms with Gasteiger partial charge in [0.2, 0.25) is 11.8 Å². The predicted molar refractivity (Wildman–Crippen MR) is 92.7 cm³/mol. The predicted octanol–water partition coefficient (Wildman–Crippen LogP) is 1.73. The largest absolute Gasteiger partial charge is 0.434 e. The van der Waals surface area contributed by atoms with Crippen LogP contribution in [0.2, 0.25) is 0 Å². The fraction of sp³-hybridized carbons (Fsp3) is 0.500. The molecule has 9 heteroatoms. The summed E-state index contributed by atoms with van der Waals surface area (Å²) in [7, 11) is 0. The van der Waals surface area contributed by atoms with Crippen LogP contribution >= 0.6 is 12.4 Å². The highest BCUT2D eigenvalue weighted by atomic mass is 35.5. The number of aryl methyl sites for hydroxylation is 1. The van der Waals surface area contributed by atoms with Crippen LogP contribution in [-0.4, -0.2) is 31.0 Å². The molecular weight excluding hydrogens is 356 g/mol. The topological polar surface area (TPSA) is 93.5 Å². The highest BCUT2D eigenvalue weighted by Gasteiger charge is 2.17. The quantitative estimate of drug-likeness (QED) is 0.641. The van der Waals surface area contributed by atoms with Gasteiger partial charge in [-0.1, -0.05) is 31.5 Å². The summed E-state index contributed by atoms with van der Waals surface area (Å²) in [6.45, 7) is 2.22. The van der Waals surface area contributed by atoms with E-state index >= 15 is 0 Å². The molecule has 1 atom stereocenters. The van der Waals surface area contributed by atoms with Gasteiger partial charge in [-0.3, -0.25) is 9.59 Å². The highest BCUT2D eigenvalue weighted by Crippen LogP contribution is 2.21. The maximum Gasteiger partial charge on any atom is 0.387 e. The van der Waals surface area contributed by atoms with Gasteiger partial charge in [-0.2, -0.15) is 8.78 Å². The lowest BCUT2D eigenvalue weighted by atomic mass is 10.1. The third-order valence-electron chi connectivity index (χ3n) is 3.35. The van der Waals surface area contributed by atoms with Gasteiger partial charge in [-0.15, -0.1) is 12.4 Å². The molecule has 2 amide bonds. The Kier molecular flexibility index (Phi) is 10.00. The number of nitrogens with one attached hydrogen (secondary N) is 2. The van der Waals surface area contributed by atoms with Crippen molar-refractivity contribution in [2.75, 3.05) is 6.54 Å². The molecule has 1 aromatic rings. The molecule has 0 aromatic heterocycles. The van der Waals surface area contributed by atoms with E-state index in [0.29, 0.717) is 5.56 Å². The SMILES string of the molecule is Cc1ccc(OC(F)F)c(CNC(=O)CNC(=O)[C@@H](N)C(C)C)c1.Cl. The van der Waals surface area contributed by atoms with E-state index in [1.54, 1.807) is 32.9 Å². The Hall–Kier alpha value is -1.93. The fourth-order valence-corrected chi connectivity index (χ4v) is 1.90. The van der Waals surface area contributed by atoms with Gasteiger partial charge in [0, 0.05) is 12.1 Å². The van der Waals surface area contributed by atoms with Gasteiger partial charge in [-0.25, -0.2) is 0 Å². The summed E-state index contributed by atoms with van der Waals surface area (Å²) >= 11 is 0. The molecule has 0 aliphatic carbocycles. The average Bonchev–Trinajstić information content (AvgIpc) is 2.51. The molecule has 0 aliphatic heterocycles. The minimum Gasteiger partial charge on any atom is -0.434 e. The van der Waals surface area contributed by atoms with Crippen LogP contribution in [-0.2, 0) is 16.1 Å². The van der Waals surface area contributed by atoms with Gasteiger partial charge in [0.05, 0.1) is 12.6 Å². The first-order valence-corrected chi connectivity index (χ1v) is 7.55. The van der Waals surface area contributed by atoms with Crippen LogP contribution in [0.25, 0.3) is 0 Å². The zero-order chi connectivity index (χ0) is 18.3. The van der Waals surface area contributed by atoms with Crippen molar-refractivity contribution in [2.24, 2.45) is 11.7 Å². The maximum absolute atomic E-state index is 12.4.